The van der Waals surface area contributed by atoms with Crippen molar-refractivity contribution in [1.82, 2.24) is 0 Å². The van der Waals surface area contributed by atoms with Gasteiger partial charge >= 0.3 is 0 Å². The van der Waals surface area contributed by atoms with E-state index in [9.17, 15) is 9.59 Å². The molecule has 6 rings (SSSR count). The summed E-state index contributed by atoms with van der Waals surface area (Å²) in [4.78, 5) is 27.1. The van der Waals surface area contributed by atoms with Gasteiger partial charge in [0.25, 0.3) is 0 Å². The molecule has 6 heteroatoms. The van der Waals surface area contributed by atoms with E-state index in [2.05, 4.69) is 0 Å². The molecule has 1 aliphatic heterocycles. The smallest absolute Gasteiger partial charge is 0.193 e. The Balaban J connectivity index is 1.69. The summed E-state index contributed by atoms with van der Waals surface area (Å²) in [7, 11) is 0. The zero-order valence-corrected chi connectivity index (χ0v) is 18.0. The summed E-state index contributed by atoms with van der Waals surface area (Å²) < 4.78 is 9.53. The fourth-order valence-electron chi connectivity index (χ4n) is 4.09. The van der Waals surface area contributed by atoms with E-state index in [1.807, 2.05) is 60.7 Å². The molecular weight excluding hydrogens is 432 g/mol. The molecule has 0 saturated carbocycles. The standard InChI is InChI=1S/C24H14O3S3/c25-21-14-7-1-3-9-17(14)28-23-19(21)16(12-13-6-5-11-27-13)20-22(26)15-8-2-4-10-18(15)29-24(20)30-23/h1-11,16H,12H2. The van der Waals surface area contributed by atoms with E-state index in [0.29, 0.717) is 17.2 Å². The fraction of sp³-hybridized carbons (Fsp3) is 0.0833. The van der Waals surface area contributed by atoms with Gasteiger partial charge in [0.15, 0.2) is 10.9 Å². The summed E-state index contributed by atoms with van der Waals surface area (Å²) in [6.45, 7) is 0. The van der Waals surface area contributed by atoms with Crippen LogP contribution in [0.4, 0.5) is 0 Å². The normalized spacial score (nSPS) is 13.5. The topological polar surface area (TPSA) is 47.3 Å². The maximum Gasteiger partial charge on any atom is 0.193 e. The maximum absolute atomic E-state index is 13.6. The third kappa shape index (κ3) is 2.71. The third-order valence-corrected chi connectivity index (χ3v) is 9.24. The van der Waals surface area contributed by atoms with E-state index < -0.39 is 0 Å². The first-order valence-corrected chi connectivity index (χ1v) is 12.0. The molecule has 0 amide bonds. The second-order valence-electron chi connectivity index (χ2n) is 7.20. The summed E-state index contributed by atoms with van der Waals surface area (Å²) in [6, 6.07) is 19.2. The van der Waals surface area contributed by atoms with E-state index in [-0.39, 0.29) is 16.8 Å². The van der Waals surface area contributed by atoms with Gasteiger partial charge < -0.3 is 4.42 Å². The molecule has 0 radical (unpaired) electrons. The molecule has 0 fully saturated rings. The Hall–Kier alpha value is -2.67. The van der Waals surface area contributed by atoms with Crippen LogP contribution < -0.4 is 10.9 Å². The molecule has 0 saturated heterocycles. The van der Waals surface area contributed by atoms with Crippen LogP contribution in [0.1, 0.15) is 22.8 Å². The van der Waals surface area contributed by atoms with Crippen molar-refractivity contribution in [2.24, 2.45) is 0 Å². The molecule has 3 nitrogen and oxygen atoms in total. The monoisotopic (exact) mass is 446 g/mol. The summed E-state index contributed by atoms with van der Waals surface area (Å²) in [5, 5.41) is 1.43. The number of fused-ring (bicyclic) bond motifs is 4. The second-order valence-corrected chi connectivity index (χ2v) is 10.8. The SMILES string of the molecule is O=c1c2c(sc3ccccc13)Sc1sc3ccccc3c(=O)c1C2Cc1ccco1. The van der Waals surface area contributed by atoms with Crippen molar-refractivity contribution in [2.45, 2.75) is 20.8 Å². The minimum atomic E-state index is -0.316. The lowest BCUT2D eigenvalue weighted by atomic mass is 9.88. The Morgan fingerprint density at radius 1 is 0.733 bits per heavy atom. The van der Waals surface area contributed by atoms with Gasteiger partial charge in [-0.25, -0.2) is 0 Å². The first-order chi connectivity index (χ1) is 14.7. The molecule has 0 bridgehead atoms. The number of furan rings is 1. The van der Waals surface area contributed by atoms with Gasteiger partial charge in [-0.05, 0) is 36.4 Å². The Morgan fingerprint density at radius 2 is 1.30 bits per heavy atom. The second kappa shape index (κ2) is 6.94. The largest absolute Gasteiger partial charge is 0.469 e. The van der Waals surface area contributed by atoms with Gasteiger partial charge in [-0.3, -0.25) is 9.59 Å². The van der Waals surface area contributed by atoms with Gasteiger partial charge in [0, 0.05) is 43.6 Å². The lowest BCUT2D eigenvalue weighted by molar-refractivity contribution is 0.495. The van der Waals surface area contributed by atoms with Crippen molar-refractivity contribution in [2.75, 3.05) is 0 Å². The molecule has 0 spiro atoms. The van der Waals surface area contributed by atoms with Crippen molar-refractivity contribution < 1.29 is 4.42 Å². The van der Waals surface area contributed by atoms with Crippen LogP contribution in [0.2, 0.25) is 0 Å². The highest BCUT2D eigenvalue weighted by Gasteiger charge is 2.34. The van der Waals surface area contributed by atoms with Crippen molar-refractivity contribution in [3.8, 4) is 0 Å². The van der Waals surface area contributed by atoms with Crippen LogP contribution in [0, 0.1) is 0 Å². The van der Waals surface area contributed by atoms with Crippen molar-refractivity contribution in [1.29, 1.82) is 0 Å². The molecule has 0 atom stereocenters. The highest BCUT2D eigenvalue weighted by atomic mass is 32.2. The van der Waals surface area contributed by atoms with E-state index in [0.717, 1.165) is 34.7 Å². The van der Waals surface area contributed by atoms with E-state index in [1.165, 1.54) is 0 Å². The van der Waals surface area contributed by atoms with Gasteiger partial charge in [0.1, 0.15) is 5.76 Å². The van der Waals surface area contributed by atoms with Crippen molar-refractivity contribution >= 4 is 54.6 Å². The van der Waals surface area contributed by atoms with Crippen LogP contribution >= 0.6 is 34.4 Å². The third-order valence-electron chi connectivity index (χ3n) is 5.47. The minimum Gasteiger partial charge on any atom is -0.469 e. The van der Waals surface area contributed by atoms with Gasteiger partial charge in [-0.1, -0.05) is 36.0 Å². The molecule has 4 heterocycles. The Kier molecular flexibility index (Phi) is 4.19. The molecule has 30 heavy (non-hydrogen) atoms. The summed E-state index contributed by atoms with van der Waals surface area (Å²) >= 11 is 4.83. The minimum absolute atomic E-state index is 0.0200. The van der Waals surface area contributed by atoms with Crippen LogP contribution in [0.3, 0.4) is 0 Å². The predicted octanol–water partition coefficient (Wildman–Crippen LogP) is 6.27. The van der Waals surface area contributed by atoms with Crippen LogP contribution in [0.5, 0.6) is 0 Å². The molecule has 0 unspecified atom stereocenters. The van der Waals surface area contributed by atoms with Crippen molar-refractivity contribution in [3.63, 3.8) is 0 Å². The maximum atomic E-state index is 13.6. The quantitative estimate of drug-likeness (QED) is 0.321. The average molecular weight is 447 g/mol. The molecule has 3 aromatic heterocycles. The number of benzene rings is 2. The zero-order chi connectivity index (χ0) is 20.2. The van der Waals surface area contributed by atoms with Gasteiger partial charge in [-0.15, -0.1) is 22.7 Å². The first kappa shape index (κ1) is 18.1. The van der Waals surface area contributed by atoms with Crippen LogP contribution in [-0.4, -0.2) is 0 Å². The summed E-state index contributed by atoms with van der Waals surface area (Å²) in [5.74, 6) is 0.461. The van der Waals surface area contributed by atoms with Crippen LogP contribution in [-0.2, 0) is 6.42 Å². The average Bonchev–Trinajstić information content (AvgIpc) is 3.27. The Morgan fingerprint density at radius 3 is 1.83 bits per heavy atom. The van der Waals surface area contributed by atoms with Gasteiger partial charge in [0.05, 0.1) is 14.7 Å². The molecule has 2 aromatic carbocycles. The van der Waals surface area contributed by atoms with Crippen LogP contribution in [0.15, 0.2) is 89.4 Å². The van der Waals surface area contributed by atoms with Gasteiger partial charge in [0.2, 0.25) is 0 Å². The Bertz CT molecular complexity index is 1450. The predicted molar refractivity (Wildman–Crippen MR) is 125 cm³/mol. The molecule has 1 aliphatic rings. The lowest BCUT2D eigenvalue weighted by Crippen LogP contribution is -2.25. The summed E-state index contributed by atoms with van der Waals surface area (Å²) in [6.07, 6.45) is 2.13. The van der Waals surface area contributed by atoms with E-state index in [4.69, 9.17) is 4.42 Å². The summed E-state index contributed by atoms with van der Waals surface area (Å²) in [5.41, 5.74) is 1.50. The van der Waals surface area contributed by atoms with Crippen LogP contribution in [0.25, 0.3) is 20.2 Å². The highest BCUT2D eigenvalue weighted by molar-refractivity contribution is 8.03. The fourth-order valence-corrected chi connectivity index (χ4v) is 8.40. The first-order valence-electron chi connectivity index (χ1n) is 9.52. The van der Waals surface area contributed by atoms with Gasteiger partial charge in [-0.2, -0.15) is 0 Å². The number of rotatable bonds is 2. The van der Waals surface area contributed by atoms with E-state index >= 15 is 0 Å². The molecule has 0 aliphatic carbocycles. The molecular formula is C24H14O3S3. The molecule has 0 N–H and O–H groups in total. The molecule has 5 aromatic rings. The highest BCUT2D eigenvalue weighted by Crippen LogP contribution is 2.50. The van der Waals surface area contributed by atoms with Crippen molar-refractivity contribution in [3.05, 3.63) is 104 Å². The number of hydrogen-bond acceptors (Lipinski definition) is 6. The lowest BCUT2D eigenvalue weighted by Gasteiger charge is -2.26. The number of hydrogen-bond donors (Lipinski definition) is 0. The zero-order valence-electron chi connectivity index (χ0n) is 15.6. The van der Waals surface area contributed by atoms with E-state index in [1.54, 1.807) is 40.7 Å². The Labute approximate surface area is 183 Å². The molecule has 146 valence electrons.